The molecule has 0 radical (unpaired) electrons. The van der Waals surface area contributed by atoms with Crippen molar-refractivity contribution in [2.75, 3.05) is 16.2 Å². The van der Waals surface area contributed by atoms with Crippen molar-refractivity contribution in [3.05, 3.63) is 24.0 Å². The lowest BCUT2D eigenvalue weighted by molar-refractivity contribution is 0.576. The third-order valence-corrected chi connectivity index (χ3v) is 3.53. The highest BCUT2D eigenvalue weighted by molar-refractivity contribution is 7.92. The van der Waals surface area contributed by atoms with Gasteiger partial charge in [-0.3, -0.25) is 4.72 Å². The summed E-state index contributed by atoms with van der Waals surface area (Å²) in [7, 11) is -3.50. The molecule has 0 bridgehead atoms. The van der Waals surface area contributed by atoms with E-state index in [-0.39, 0.29) is 23.0 Å². The number of nitrogens with one attached hydrogen (secondary N) is 1. The van der Waals surface area contributed by atoms with Crippen LogP contribution in [0.2, 0.25) is 0 Å². The molecule has 0 aromatic heterocycles. The van der Waals surface area contributed by atoms with Gasteiger partial charge in [-0.15, -0.1) is 0 Å². The average Bonchev–Trinajstić information content (AvgIpc) is 2.20. The first kappa shape index (κ1) is 13.8. The molecule has 0 atom stereocenters. The van der Waals surface area contributed by atoms with Gasteiger partial charge in [0.1, 0.15) is 5.82 Å². The number of nitrogen functional groups attached to an aromatic ring is 1. The molecule has 0 aliphatic carbocycles. The Kier molecular flexibility index (Phi) is 4.34. The van der Waals surface area contributed by atoms with Crippen LogP contribution in [0.3, 0.4) is 0 Å². The molecule has 4 nitrogen and oxygen atoms in total. The van der Waals surface area contributed by atoms with Crippen LogP contribution >= 0.6 is 0 Å². The number of rotatable bonds is 5. The quantitative estimate of drug-likeness (QED) is 0.797. The van der Waals surface area contributed by atoms with Gasteiger partial charge in [0.05, 0.1) is 11.4 Å². The predicted octanol–water partition coefficient (Wildman–Crippen LogP) is 2.20. The maximum Gasteiger partial charge on any atom is 0.232 e. The Balaban J connectivity index is 2.76. The van der Waals surface area contributed by atoms with Crippen LogP contribution in [0.1, 0.15) is 20.3 Å². The Morgan fingerprint density at radius 2 is 2.06 bits per heavy atom. The number of hydrogen-bond acceptors (Lipinski definition) is 3. The summed E-state index contributed by atoms with van der Waals surface area (Å²) in [6, 6.07) is 3.85. The lowest BCUT2D eigenvalue weighted by atomic mass is 10.2. The Morgan fingerprint density at radius 3 is 2.59 bits per heavy atom. The van der Waals surface area contributed by atoms with Crippen LogP contribution < -0.4 is 10.5 Å². The van der Waals surface area contributed by atoms with E-state index in [0.29, 0.717) is 6.42 Å². The van der Waals surface area contributed by atoms with Crippen LogP contribution in [0.25, 0.3) is 0 Å². The Morgan fingerprint density at radius 1 is 1.41 bits per heavy atom. The van der Waals surface area contributed by atoms with Crippen LogP contribution in [0, 0.1) is 11.7 Å². The van der Waals surface area contributed by atoms with Gasteiger partial charge >= 0.3 is 0 Å². The average molecular weight is 260 g/mol. The summed E-state index contributed by atoms with van der Waals surface area (Å²) in [5, 5.41) is 0. The lowest BCUT2D eigenvalue weighted by Gasteiger charge is -2.10. The van der Waals surface area contributed by atoms with Crippen LogP contribution in [0.4, 0.5) is 15.8 Å². The summed E-state index contributed by atoms with van der Waals surface area (Å²) in [6.07, 6.45) is 0.534. The minimum atomic E-state index is -3.50. The third-order valence-electron chi connectivity index (χ3n) is 2.22. The molecule has 17 heavy (non-hydrogen) atoms. The molecule has 6 heteroatoms. The Hall–Kier alpha value is -1.30. The normalized spacial score (nSPS) is 11.8. The van der Waals surface area contributed by atoms with Crippen molar-refractivity contribution in [1.82, 2.24) is 0 Å². The molecule has 0 saturated carbocycles. The molecule has 0 saturated heterocycles. The fourth-order valence-corrected chi connectivity index (χ4v) is 2.61. The summed E-state index contributed by atoms with van der Waals surface area (Å²) in [5.41, 5.74) is 5.56. The van der Waals surface area contributed by atoms with Crippen LogP contribution in [0.5, 0.6) is 0 Å². The molecule has 1 rings (SSSR count). The second-order valence-corrected chi connectivity index (χ2v) is 6.18. The number of sulfonamides is 1. The van der Waals surface area contributed by atoms with Crippen molar-refractivity contribution >= 4 is 21.4 Å². The predicted molar refractivity (Wildman–Crippen MR) is 67.7 cm³/mol. The zero-order valence-corrected chi connectivity index (χ0v) is 10.7. The fourth-order valence-electron chi connectivity index (χ4n) is 1.22. The van der Waals surface area contributed by atoms with Crippen LogP contribution in [0.15, 0.2) is 18.2 Å². The summed E-state index contributed by atoms with van der Waals surface area (Å²) in [5.74, 6) is -0.407. The second-order valence-electron chi connectivity index (χ2n) is 4.34. The number of nitrogens with two attached hydrogens (primary N) is 1. The van der Waals surface area contributed by atoms with Crippen molar-refractivity contribution in [1.29, 1.82) is 0 Å². The summed E-state index contributed by atoms with van der Waals surface area (Å²) in [6.45, 7) is 3.86. The van der Waals surface area contributed by atoms with E-state index in [9.17, 15) is 12.8 Å². The highest BCUT2D eigenvalue weighted by Crippen LogP contribution is 2.18. The molecule has 0 amide bonds. The van der Waals surface area contributed by atoms with Gasteiger partial charge in [-0.2, -0.15) is 0 Å². The van der Waals surface area contributed by atoms with E-state index < -0.39 is 15.8 Å². The molecule has 0 unspecified atom stereocenters. The maximum atomic E-state index is 13.4. The van der Waals surface area contributed by atoms with E-state index in [2.05, 4.69) is 4.72 Å². The van der Waals surface area contributed by atoms with Gasteiger partial charge in [-0.1, -0.05) is 13.8 Å². The van der Waals surface area contributed by atoms with Crippen molar-refractivity contribution in [2.45, 2.75) is 20.3 Å². The number of benzene rings is 1. The molecule has 0 spiro atoms. The Bertz CT molecular complexity index is 486. The van der Waals surface area contributed by atoms with E-state index in [1.807, 2.05) is 13.8 Å². The van der Waals surface area contributed by atoms with Gasteiger partial charge in [0, 0.05) is 5.69 Å². The zero-order valence-electron chi connectivity index (χ0n) is 9.90. The van der Waals surface area contributed by atoms with Crippen LogP contribution in [-0.2, 0) is 10.0 Å². The van der Waals surface area contributed by atoms with Gasteiger partial charge in [0.25, 0.3) is 0 Å². The number of hydrogen-bond donors (Lipinski definition) is 2. The van der Waals surface area contributed by atoms with Crippen molar-refractivity contribution in [2.24, 2.45) is 5.92 Å². The third kappa shape index (κ3) is 4.60. The zero-order chi connectivity index (χ0) is 13.1. The minimum absolute atomic E-state index is 0.0194. The van der Waals surface area contributed by atoms with E-state index in [0.717, 1.165) is 6.07 Å². The Labute approximate surface area is 101 Å². The smallest absolute Gasteiger partial charge is 0.232 e. The van der Waals surface area contributed by atoms with Crippen molar-refractivity contribution < 1.29 is 12.8 Å². The van der Waals surface area contributed by atoms with E-state index in [1.165, 1.54) is 12.1 Å². The van der Waals surface area contributed by atoms with Crippen LogP contribution in [-0.4, -0.2) is 14.2 Å². The molecule has 96 valence electrons. The number of anilines is 2. The molecule has 3 N–H and O–H groups in total. The SMILES string of the molecule is CC(C)CCS(=O)(=O)Nc1ccc(N)cc1F. The first-order valence-electron chi connectivity index (χ1n) is 5.35. The van der Waals surface area contributed by atoms with Gasteiger partial charge in [-0.25, -0.2) is 12.8 Å². The monoisotopic (exact) mass is 260 g/mol. The highest BCUT2D eigenvalue weighted by Gasteiger charge is 2.13. The van der Waals surface area contributed by atoms with Gasteiger partial charge in [0.2, 0.25) is 10.0 Å². The topological polar surface area (TPSA) is 72.2 Å². The molecule has 0 fully saturated rings. The largest absolute Gasteiger partial charge is 0.399 e. The molecule has 0 aliphatic rings. The maximum absolute atomic E-state index is 13.4. The first-order valence-corrected chi connectivity index (χ1v) is 7.01. The van der Waals surface area contributed by atoms with E-state index in [1.54, 1.807) is 0 Å². The molecular formula is C11H17FN2O2S. The summed E-state index contributed by atoms with van der Waals surface area (Å²) >= 11 is 0. The van der Waals surface area contributed by atoms with Crippen molar-refractivity contribution in [3.8, 4) is 0 Å². The molecular weight excluding hydrogens is 243 g/mol. The highest BCUT2D eigenvalue weighted by atomic mass is 32.2. The van der Waals surface area contributed by atoms with Gasteiger partial charge in [-0.05, 0) is 30.5 Å². The second kappa shape index (κ2) is 5.35. The summed E-state index contributed by atoms with van der Waals surface area (Å²) < 4.78 is 38.8. The van der Waals surface area contributed by atoms with Crippen molar-refractivity contribution in [3.63, 3.8) is 0 Å². The van der Waals surface area contributed by atoms with Gasteiger partial charge in [0.15, 0.2) is 0 Å². The molecule has 1 aromatic rings. The van der Waals surface area contributed by atoms with Gasteiger partial charge < -0.3 is 5.73 Å². The summed E-state index contributed by atoms with van der Waals surface area (Å²) in [4.78, 5) is 0. The lowest BCUT2D eigenvalue weighted by Crippen LogP contribution is -2.18. The fraction of sp³-hybridized carbons (Fsp3) is 0.455. The molecule has 0 heterocycles. The van der Waals surface area contributed by atoms with E-state index >= 15 is 0 Å². The van der Waals surface area contributed by atoms with E-state index in [4.69, 9.17) is 5.73 Å². The minimum Gasteiger partial charge on any atom is -0.399 e. The number of halogens is 1. The molecule has 1 aromatic carbocycles. The molecule has 0 aliphatic heterocycles. The first-order chi connectivity index (χ1) is 7.80. The standard InChI is InChI=1S/C11H17FN2O2S/c1-8(2)5-6-17(15,16)14-11-4-3-9(13)7-10(11)12/h3-4,7-8,14H,5-6,13H2,1-2H3.